The van der Waals surface area contributed by atoms with Gasteiger partial charge in [-0.3, -0.25) is 9.29 Å². The van der Waals surface area contributed by atoms with E-state index in [0.29, 0.717) is 41.4 Å². The minimum atomic E-state index is -3.41. The highest BCUT2D eigenvalue weighted by Gasteiger charge is 2.17. The molecule has 3 heterocycles. The number of aromatic nitrogens is 4. The summed E-state index contributed by atoms with van der Waals surface area (Å²) < 4.78 is 30.0. The van der Waals surface area contributed by atoms with E-state index in [9.17, 15) is 13.2 Å². The molecule has 0 saturated carbocycles. The standard InChI is InChI=1S/C20H20N6O4S/c1-26(31(2,28)29)18-13(4-3-10-21-18)5-6-14-9-11-22-19(23-14)24-15-7-8-16-17(12-15)30-20(27)25-16/h3-4,7-12H,5-6H2,1-2H3,(H,25,27)(H,22,23,24). The smallest absolute Gasteiger partial charge is 0.408 e. The molecule has 1 aromatic carbocycles. The highest BCUT2D eigenvalue weighted by molar-refractivity contribution is 7.92. The Morgan fingerprint density at radius 3 is 2.77 bits per heavy atom. The molecule has 0 spiro atoms. The highest BCUT2D eigenvalue weighted by atomic mass is 32.2. The van der Waals surface area contributed by atoms with Crippen LogP contribution in [0.5, 0.6) is 0 Å². The number of hydrogen-bond donors (Lipinski definition) is 2. The van der Waals surface area contributed by atoms with E-state index in [0.717, 1.165) is 17.5 Å². The van der Waals surface area contributed by atoms with E-state index < -0.39 is 15.8 Å². The molecule has 2 N–H and O–H groups in total. The maximum Gasteiger partial charge on any atom is 0.417 e. The van der Waals surface area contributed by atoms with Crippen LogP contribution in [0.25, 0.3) is 11.1 Å². The van der Waals surface area contributed by atoms with Crippen molar-refractivity contribution < 1.29 is 12.8 Å². The Balaban J connectivity index is 1.50. The molecule has 0 atom stereocenters. The predicted octanol–water partition coefficient (Wildman–Crippen LogP) is 2.23. The number of sulfonamides is 1. The molecule has 10 nitrogen and oxygen atoms in total. The minimum Gasteiger partial charge on any atom is -0.408 e. The van der Waals surface area contributed by atoms with E-state index in [1.54, 1.807) is 42.7 Å². The molecule has 0 saturated heterocycles. The Bertz CT molecular complexity index is 1400. The second kappa shape index (κ2) is 8.19. The highest BCUT2D eigenvalue weighted by Crippen LogP contribution is 2.21. The molecule has 0 aliphatic rings. The van der Waals surface area contributed by atoms with Crippen molar-refractivity contribution in [3.05, 3.63) is 70.6 Å². The van der Waals surface area contributed by atoms with Crippen LogP contribution >= 0.6 is 0 Å². The number of fused-ring (bicyclic) bond motifs is 1. The SMILES string of the molecule is CN(c1ncccc1CCc1ccnc(Nc2ccc3[nH]c(=O)oc3c2)n1)S(C)(=O)=O. The van der Waals surface area contributed by atoms with E-state index in [1.165, 1.54) is 11.4 Å². The third kappa shape index (κ3) is 4.72. The van der Waals surface area contributed by atoms with Gasteiger partial charge in [0.1, 0.15) is 5.82 Å². The molecule has 0 amide bonds. The number of oxazole rings is 1. The fraction of sp³-hybridized carbons (Fsp3) is 0.200. The van der Waals surface area contributed by atoms with E-state index in [4.69, 9.17) is 4.42 Å². The summed E-state index contributed by atoms with van der Waals surface area (Å²) in [6, 6.07) is 10.6. The Morgan fingerprint density at radius 2 is 1.97 bits per heavy atom. The zero-order chi connectivity index (χ0) is 22.0. The Labute approximate surface area is 178 Å². The van der Waals surface area contributed by atoms with Crippen molar-refractivity contribution >= 4 is 38.6 Å². The number of aryl methyl sites for hydroxylation is 2. The van der Waals surface area contributed by atoms with Crippen molar-refractivity contribution in [2.75, 3.05) is 22.9 Å². The maximum atomic E-state index is 11.9. The Hall–Kier alpha value is -3.73. The minimum absolute atomic E-state index is 0.398. The third-order valence-corrected chi connectivity index (χ3v) is 5.87. The molecule has 31 heavy (non-hydrogen) atoms. The lowest BCUT2D eigenvalue weighted by atomic mass is 10.1. The van der Waals surface area contributed by atoms with Crippen LogP contribution in [0.15, 0.2) is 58.0 Å². The Morgan fingerprint density at radius 1 is 1.13 bits per heavy atom. The molecule has 0 radical (unpaired) electrons. The summed E-state index contributed by atoms with van der Waals surface area (Å²) >= 11 is 0. The van der Waals surface area contributed by atoms with Gasteiger partial charge >= 0.3 is 5.76 Å². The molecule has 11 heteroatoms. The first-order valence-corrected chi connectivity index (χ1v) is 11.2. The summed E-state index contributed by atoms with van der Waals surface area (Å²) in [4.78, 5) is 26.9. The van der Waals surface area contributed by atoms with Crippen LogP contribution in [-0.4, -0.2) is 41.7 Å². The van der Waals surface area contributed by atoms with Gasteiger partial charge in [-0.15, -0.1) is 0 Å². The van der Waals surface area contributed by atoms with Crippen molar-refractivity contribution in [1.82, 2.24) is 19.9 Å². The molecular formula is C20H20N6O4S. The molecule has 4 rings (SSSR count). The molecule has 0 bridgehead atoms. The largest absolute Gasteiger partial charge is 0.417 e. The van der Waals surface area contributed by atoms with Crippen LogP contribution in [0.1, 0.15) is 11.3 Å². The maximum absolute atomic E-state index is 11.9. The molecule has 0 aliphatic carbocycles. The van der Waals surface area contributed by atoms with Crippen LogP contribution in [0.2, 0.25) is 0 Å². The van der Waals surface area contributed by atoms with Gasteiger partial charge in [0.15, 0.2) is 5.58 Å². The lowest BCUT2D eigenvalue weighted by Crippen LogP contribution is -2.27. The van der Waals surface area contributed by atoms with Gasteiger partial charge in [0.05, 0.1) is 11.8 Å². The topological polar surface area (TPSA) is 134 Å². The van der Waals surface area contributed by atoms with Gasteiger partial charge in [0, 0.05) is 36.9 Å². The van der Waals surface area contributed by atoms with Crippen LogP contribution < -0.4 is 15.4 Å². The fourth-order valence-electron chi connectivity index (χ4n) is 3.08. The first-order chi connectivity index (χ1) is 14.8. The molecule has 0 fully saturated rings. The molecule has 0 aliphatic heterocycles. The fourth-order valence-corrected chi connectivity index (χ4v) is 3.56. The third-order valence-electron chi connectivity index (χ3n) is 4.70. The van der Waals surface area contributed by atoms with E-state index in [-0.39, 0.29) is 0 Å². The number of aromatic amines is 1. The number of rotatable bonds is 7. The van der Waals surface area contributed by atoms with Gasteiger partial charge in [-0.1, -0.05) is 6.07 Å². The molecular weight excluding hydrogens is 420 g/mol. The number of benzene rings is 1. The summed E-state index contributed by atoms with van der Waals surface area (Å²) in [5.41, 5.74) is 3.30. The second-order valence-corrected chi connectivity index (χ2v) is 8.95. The summed E-state index contributed by atoms with van der Waals surface area (Å²) in [7, 11) is -1.93. The van der Waals surface area contributed by atoms with E-state index >= 15 is 0 Å². The van der Waals surface area contributed by atoms with Crippen LogP contribution in [0, 0.1) is 0 Å². The van der Waals surface area contributed by atoms with Crippen molar-refractivity contribution in [3.8, 4) is 0 Å². The molecule has 160 valence electrons. The van der Waals surface area contributed by atoms with E-state index in [1.807, 2.05) is 6.07 Å². The average Bonchev–Trinajstić information content (AvgIpc) is 3.11. The van der Waals surface area contributed by atoms with Crippen LogP contribution in [0.4, 0.5) is 17.5 Å². The van der Waals surface area contributed by atoms with Gasteiger partial charge in [-0.25, -0.2) is 28.2 Å². The predicted molar refractivity (Wildman–Crippen MR) is 117 cm³/mol. The lowest BCUT2D eigenvalue weighted by Gasteiger charge is -2.18. The van der Waals surface area contributed by atoms with Crippen LogP contribution in [0.3, 0.4) is 0 Å². The van der Waals surface area contributed by atoms with Crippen molar-refractivity contribution in [3.63, 3.8) is 0 Å². The summed E-state index contributed by atoms with van der Waals surface area (Å²) in [5.74, 6) is 0.287. The number of nitrogens with zero attached hydrogens (tertiary/aromatic N) is 4. The number of pyridine rings is 1. The molecule has 4 aromatic rings. The first kappa shape index (κ1) is 20.5. The van der Waals surface area contributed by atoms with Crippen molar-refractivity contribution in [2.24, 2.45) is 0 Å². The van der Waals surface area contributed by atoms with Crippen molar-refractivity contribution in [1.29, 1.82) is 0 Å². The monoisotopic (exact) mass is 440 g/mol. The number of nitrogens with one attached hydrogen (secondary N) is 2. The zero-order valence-corrected chi connectivity index (χ0v) is 17.7. The summed E-state index contributed by atoms with van der Waals surface area (Å²) in [6.45, 7) is 0. The van der Waals surface area contributed by atoms with Crippen molar-refractivity contribution in [2.45, 2.75) is 12.8 Å². The summed E-state index contributed by atoms with van der Waals surface area (Å²) in [6.07, 6.45) is 5.48. The summed E-state index contributed by atoms with van der Waals surface area (Å²) in [5, 5.41) is 3.10. The molecule has 0 unspecified atom stereocenters. The normalized spacial score (nSPS) is 11.5. The van der Waals surface area contributed by atoms with Gasteiger partial charge in [-0.2, -0.15) is 0 Å². The van der Waals surface area contributed by atoms with Gasteiger partial charge in [-0.05, 0) is 42.7 Å². The van der Waals surface area contributed by atoms with Gasteiger partial charge in [0.25, 0.3) is 0 Å². The Kier molecular flexibility index (Phi) is 5.42. The van der Waals surface area contributed by atoms with Gasteiger partial charge in [0.2, 0.25) is 16.0 Å². The van der Waals surface area contributed by atoms with Gasteiger partial charge < -0.3 is 9.73 Å². The quantitative estimate of drug-likeness (QED) is 0.447. The number of hydrogen-bond acceptors (Lipinski definition) is 8. The van der Waals surface area contributed by atoms with Crippen LogP contribution in [-0.2, 0) is 22.9 Å². The number of anilines is 3. The second-order valence-electron chi connectivity index (χ2n) is 6.94. The molecule has 3 aromatic heterocycles. The lowest BCUT2D eigenvalue weighted by molar-refractivity contribution is 0.555. The average molecular weight is 440 g/mol. The first-order valence-electron chi connectivity index (χ1n) is 9.39. The van der Waals surface area contributed by atoms with E-state index in [2.05, 4.69) is 25.3 Å². The zero-order valence-electron chi connectivity index (χ0n) is 16.9. The number of H-pyrrole nitrogens is 1.